The summed E-state index contributed by atoms with van der Waals surface area (Å²) in [5.74, 6) is -0.668. The Balaban J connectivity index is 1.56. The van der Waals surface area contributed by atoms with Crippen molar-refractivity contribution in [2.75, 3.05) is 19.7 Å². The van der Waals surface area contributed by atoms with Crippen LogP contribution in [0.15, 0.2) is 48.5 Å². The molecule has 0 saturated carbocycles. The number of hydrogen-bond acceptors (Lipinski definition) is 4. The summed E-state index contributed by atoms with van der Waals surface area (Å²) in [6, 6.07) is 12.9. The van der Waals surface area contributed by atoms with Gasteiger partial charge in [-0.25, -0.2) is 0 Å². The van der Waals surface area contributed by atoms with Crippen LogP contribution in [0.5, 0.6) is 0 Å². The molecule has 0 bridgehead atoms. The third kappa shape index (κ3) is 4.78. The van der Waals surface area contributed by atoms with Crippen LogP contribution in [0.2, 0.25) is 10.0 Å². The number of piperidine rings is 1. The first kappa shape index (κ1) is 24.5. The highest BCUT2D eigenvalue weighted by Crippen LogP contribution is 2.39. The van der Waals surface area contributed by atoms with E-state index >= 15 is 0 Å². The van der Waals surface area contributed by atoms with Crippen LogP contribution >= 0.6 is 23.2 Å². The second-order valence-corrected chi connectivity index (χ2v) is 9.71. The van der Waals surface area contributed by atoms with Gasteiger partial charge in [-0.15, -0.1) is 0 Å². The van der Waals surface area contributed by atoms with Gasteiger partial charge in [-0.1, -0.05) is 41.4 Å². The molecule has 2 fully saturated rings. The molecule has 9 heteroatoms. The standard InChI is InChI=1S/C25H27Cl2N3O4/c1-16(2)28-22(31)21-15-34-25(30(21)24(33)17-6-4-3-5-7-17)10-12-29(13-11-25)23(32)18-8-9-19(26)20(27)14-18/h3-9,14,16,21H,10-13,15H2,1-2H3,(H,28,31)/t21-/m0/s1. The fourth-order valence-corrected chi connectivity index (χ4v) is 4.84. The van der Waals surface area contributed by atoms with Gasteiger partial charge in [-0.05, 0) is 44.2 Å². The lowest BCUT2D eigenvalue weighted by molar-refractivity contribution is -0.128. The number of hydrogen-bond donors (Lipinski definition) is 1. The van der Waals surface area contributed by atoms with Crippen LogP contribution in [0.4, 0.5) is 0 Å². The maximum absolute atomic E-state index is 13.6. The zero-order valence-corrected chi connectivity index (χ0v) is 20.6. The number of nitrogens with one attached hydrogen (secondary N) is 1. The van der Waals surface area contributed by atoms with Gasteiger partial charge in [-0.3, -0.25) is 19.3 Å². The number of nitrogens with zero attached hydrogens (tertiary/aromatic N) is 2. The zero-order valence-electron chi connectivity index (χ0n) is 19.1. The number of halogens is 2. The highest BCUT2D eigenvalue weighted by molar-refractivity contribution is 6.42. The lowest BCUT2D eigenvalue weighted by Crippen LogP contribution is -2.60. The third-order valence-corrected chi connectivity index (χ3v) is 6.97. The fourth-order valence-electron chi connectivity index (χ4n) is 4.54. The van der Waals surface area contributed by atoms with Gasteiger partial charge in [0.25, 0.3) is 11.8 Å². The molecule has 2 aliphatic rings. The van der Waals surface area contributed by atoms with Crippen molar-refractivity contribution >= 4 is 40.9 Å². The molecular formula is C25H27Cl2N3O4. The van der Waals surface area contributed by atoms with E-state index in [0.717, 1.165) is 0 Å². The lowest BCUT2D eigenvalue weighted by atomic mass is 9.96. The van der Waals surface area contributed by atoms with Crippen LogP contribution in [-0.4, -0.2) is 65.0 Å². The highest BCUT2D eigenvalue weighted by atomic mass is 35.5. The van der Waals surface area contributed by atoms with Crippen LogP contribution in [0, 0.1) is 0 Å². The van der Waals surface area contributed by atoms with Crippen molar-refractivity contribution in [3.8, 4) is 0 Å². The van der Waals surface area contributed by atoms with Gasteiger partial charge in [0.05, 0.1) is 16.7 Å². The summed E-state index contributed by atoms with van der Waals surface area (Å²) in [6.45, 7) is 4.60. The van der Waals surface area contributed by atoms with Crippen molar-refractivity contribution in [2.45, 2.75) is 44.5 Å². The minimum atomic E-state index is -0.958. The Labute approximate surface area is 208 Å². The second kappa shape index (κ2) is 9.94. The molecule has 3 amide bonds. The van der Waals surface area contributed by atoms with Crippen molar-refractivity contribution in [3.05, 3.63) is 69.7 Å². The Hall–Kier alpha value is -2.61. The first-order chi connectivity index (χ1) is 16.2. The van der Waals surface area contributed by atoms with E-state index in [2.05, 4.69) is 5.32 Å². The fraction of sp³-hybridized carbons (Fsp3) is 0.400. The molecule has 2 saturated heterocycles. The van der Waals surface area contributed by atoms with Crippen molar-refractivity contribution < 1.29 is 19.1 Å². The van der Waals surface area contributed by atoms with E-state index in [0.29, 0.717) is 47.1 Å². The smallest absolute Gasteiger partial charge is 0.256 e. The normalized spacial score (nSPS) is 19.5. The first-order valence-electron chi connectivity index (χ1n) is 11.3. The molecule has 1 spiro atoms. The summed E-state index contributed by atoms with van der Waals surface area (Å²) in [6.07, 6.45) is 0.786. The number of amides is 3. The Morgan fingerprint density at radius 2 is 1.65 bits per heavy atom. The summed E-state index contributed by atoms with van der Waals surface area (Å²) in [7, 11) is 0. The van der Waals surface area contributed by atoms with E-state index < -0.39 is 11.8 Å². The van der Waals surface area contributed by atoms with Gasteiger partial charge in [0.2, 0.25) is 5.91 Å². The van der Waals surface area contributed by atoms with Crippen LogP contribution in [0.1, 0.15) is 47.4 Å². The molecule has 2 heterocycles. The van der Waals surface area contributed by atoms with Crippen LogP contribution < -0.4 is 5.32 Å². The van der Waals surface area contributed by atoms with E-state index in [-0.39, 0.29) is 30.4 Å². The predicted molar refractivity (Wildman–Crippen MR) is 130 cm³/mol. The van der Waals surface area contributed by atoms with Crippen LogP contribution in [-0.2, 0) is 9.53 Å². The molecule has 7 nitrogen and oxygen atoms in total. The average Bonchev–Trinajstić information content (AvgIpc) is 3.19. The molecule has 0 aliphatic carbocycles. The van der Waals surface area contributed by atoms with E-state index in [4.69, 9.17) is 27.9 Å². The topological polar surface area (TPSA) is 79.0 Å². The van der Waals surface area contributed by atoms with Crippen molar-refractivity contribution in [1.82, 2.24) is 15.1 Å². The van der Waals surface area contributed by atoms with Crippen LogP contribution in [0.25, 0.3) is 0 Å². The number of carbonyl (C=O) groups is 3. The molecule has 4 rings (SSSR count). The minimum Gasteiger partial charge on any atom is -0.353 e. The lowest BCUT2D eigenvalue weighted by Gasteiger charge is -2.44. The molecule has 1 atom stereocenters. The largest absolute Gasteiger partial charge is 0.353 e. The Morgan fingerprint density at radius 3 is 2.26 bits per heavy atom. The summed E-state index contributed by atoms with van der Waals surface area (Å²) in [4.78, 5) is 42.9. The zero-order chi connectivity index (χ0) is 24.5. The molecule has 0 aromatic heterocycles. The van der Waals surface area contributed by atoms with Crippen LogP contribution in [0.3, 0.4) is 0 Å². The monoisotopic (exact) mass is 503 g/mol. The molecule has 0 unspecified atom stereocenters. The quantitative estimate of drug-likeness (QED) is 0.683. The molecule has 2 aromatic rings. The summed E-state index contributed by atoms with van der Waals surface area (Å²) in [5.41, 5.74) is -0.0199. The maximum atomic E-state index is 13.6. The number of benzene rings is 2. The predicted octanol–water partition coefficient (Wildman–Crippen LogP) is 3.99. The number of ether oxygens (including phenoxy) is 1. The van der Waals surface area contributed by atoms with Crippen molar-refractivity contribution in [3.63, 3.8) is 0 Å². The number of rotatable bonds is 4. The summed E-state index contributed by atoms with van der Waals surface area (Å²) in [5, 5.41) is 3.60. The molecule has 180 valence electrons. The van der Waals surface area contributed by atoms with Gasteiger partial charge < -0.3 is 15.0 Å². The van der Waals surface area contributed by atoms with Gasteiger partial charge in [0, 0.05) is 43.1 Å². The molecule has 34 heavy (non-hydrogen) atoms. The van der Waals surface area contributed by atoms with Gasteiger partial charge in [0.1, 0.15) is 11.8 Å². The average molecular weight is 504 g/mol. The van der Waals surface area contributed by atoms with Crippen molar-refractivity contribution in [1.29, 1.82) is 0 Å². The van der Waals surface area contributed by atoms with Gasteiger partial charge >= 0.3 is 0 Å². The summed E-state index contributed by atoms with van der Waals surface area (Å²) >= 11 is 12.1. The van der Waals surface area contributed by atoms with E-state index in [1.54, 1.807) is 52.3 Å². The number of carbonyl (C=O) groups excluding carboxylic acids is 3. The molecule has 0 radical (unpaired) electrons. The van der Waals surface area contributed by atoms with E-state index in [1.165, 1.54) is 0 Å². The van der Waals surface area contributed by atoms with E-state index in [9.17, 15) is 14.4 Å². The highest BCUT2D eigenvalue weighted by Gasteiger charge is 2.54. The molecule has 1 N–H and O–H groups in total. The van der Waals surface area contributed by atoms with Crippen molar-refractivity contribution in [2.24, 2.45) is 0 Å². The first-order valence-corrected chi connectivity index (χ1v) is 12.0. The van der Waals surface area contributed by atoms with Gasteiger partial charge in [0.15, 0.2) is 0 Å². The van der Waals surface area contributed by atoms with E-state index in [1.807, 2.05) is 19.9 Å². The molecule has 2 aliphatic heterocycles. The van der Waals surface area contributed by atoms with Gasteiger partial charge in [-0.2, -0.15) is 0 Å². The third-order valence-electron chi connectivity index (χ3n) is 6.23. The minimum absolute atomic E-state index is 0.0663. The maximum Gasteiger partial charge on any atom is 0.256 e. The second-order valence-electron chi connectivity index (χ2n) is 8.90. The Bertz CT molecular complexity index is 1080. The number of likely N-dealkylation sites (tertiary alicyclic amines) is 1. The molecule has 2 aromatic carbocycles. The SMILES string of the molecule is CC(C)NC(=O)[C@@H]1COC2(CCN(C(=O)c3ccc(Cl)c(Cl)c3)CC2)N1C(=O)c1ccccc1. The summed E-state index contributed by atoms with van der Waals surface area (Å²) < 4.78 is 6.19. The molecular weight excluding hydrogens is 477 g/mol. The Morgan fingerprint density at radius 1 is 0.971 bits per heavy atom. The Kier molecular flexibility index (Phi) is 7.17.